The van der Waals surface area contributed by atoms with Gasteiger partial charge in [0.1, 0.15) is 11.6 Å². The van der Waals surface area contributed by atoms with Gasteiger partial charge in [-0.1, -0.05) is 6.07 Å². The highest BCUT2D eigenvalue weighted by Crippen LogP contribution is 2.31. The van der Waals surface area contributed by atoms with Gasteiger partial charge >= 0.3 is 0 Å². The maximum Gasteiger partial charge on any atom is 0.130 e. The smallest absolute Gasteiger partial charge is 0.130 e. The van der Waals surface area contributed by atoms with Gasteiger partial charge < -0.3 is 5.73 Å². The summed E-state index contributed by atoms with van der Waals surface area (Å²) < 4.78 is 27.4. The average molecular weight is 240 g/mol. The molecule has 1 aromatic rings. The number of hydrogen-bond donors (Lipinski definition) is 1. The molecule has 0 aliphatic carbocycles. The predicted octanol–water partition coefficient (Wildman–Crippen LogP) is 2.45. The van der Waals surface area contributed by atoms with E-state index in [0.29, 0.717) is 6.54 Å². The fourth-order valence-electron chi connectivity index (χ4n) is 2.70. The first-order valence-electron chi connectivity index (χ1n) is 6.05. The number of likely N-dealkylation sites (tertiary alicyclic amines) is 1. The van der Waals surface area contributed by atoms with Crippen molar-refractivity contribution in [3.8, 4) is 0 Å². The molecular formula is C13H18F2N2. The van der Waals surface area contributed by atoms with Crippen LogP contribution in [0.2, 0.25) is 0 Å². The van der Waals surface area contributed by atoms with Crippen LogP contribution in [0, 0.1) is 11.6 Å². The molecule has 0 spiro atoms. The van der Waals surface area contributed by atoms with Crippen LogP contribution >= 0.6 is 0 Å². The van der Waals surface area contributed by atoms with Crippen LogP contribution in [-0.4, -0.2) is 24.0 Å². The van der Waals surface area contributed by atoms with Gasteiger partial charge in [0, 0.05) is 24.2 Å². The Bertz CT molecular complexity index is 375. The molecule has 1 aliphatic heterocycles. The second-order valence-corrected chi connectivity index (χ2v) is 4.58. The zero-order chi connectivity index (χ0) is 12.4. The molecule has 1 fully saturated rings. The molecule has 0 bridgehead atoms. The lowest BCUT2D eigenvalue weighted by molar-refractivity contribution is 0.189. The van der Waals surface area contributed by atoms with E-state index in [1.807, 2.05) is 6.92 Å². The van der Waals surface area contributed by atoms with Crippen molar-refractivity contribution in [3.63, 3.8) is 0 Å². The van der Waals surface area contributed by atoms with E-state index in [0.717, 1.165) is 19.4 Å². The number of rotatable bonds is 3. The van der Waals surface area contributed by atoms with Crippen molar-refractivity contribution < 1.29 is 8.78 Å². The van der Waals surface area contributed by atoms with E-state index < -0.39 is 11.6 Å². The summed E-state index contributed by atoms with van der Waals surface area (Å²) in [5.74, 6) is -0.944. The fourth-order valence-corrected chi connectivity index (χ4v) is 2.70. The third kappa shape index (κ3) is 2.33. The fraction of sp³-hybridized carbons (Fsp3) is 0.538. The van der Waals surface area contributed by atoms with Crippen molar-refractivity contribution in [2.75, 3.05) is 13.1 Å². The summed E-state index contributed by atoms with van der Waals surface area (Å²) >= 11 is 0. The van der Waals surface area contributed by atoms with Gasteiger partial charge in [0.2, 0.25) is 0 Å². The standard InChI is InChI=1S/C13H18F2N2/c1-9(17-7-3-4-10(17)8-16)13-11(14)5-2-6-12(13)15/h2,5-6,9-10H,3-4,7-8,16H2,1H3. The summed E-state index contributed by atoms with van der Waals surface area (Å²) in [5, 5.41) is 0. The minimum atomic E-state index is -0.472. The molecule has 2 atom stereocenters. The van der Waals surface area contributed by atoms with Crippen LogP contribution in [0.4, 0.5) is 8.78 Å². The Morgan fingerprint density at radius 2 is 2.06 bits per heavy atom. The molecule has 2 rings (SSSR count). The van der Waals surface area contributed by atoms with Crippen molar-refractivity contribution in [3.05, 3.63) is 35.4 Å². The molecule has 2 N–H and O–H groups in total. The molecular weight excluding hydrogens is 222 g/mol. The van der Waals surface area contributed by atoms with E-state index >= 15 is 0 Å². The number of nitrogens with zero attached hydrogens (tertiary/aromatic N) is 1. The van der Waals surface area contributed by atoms with Crippen LogP contribution < -0.4 is 5.73 Å². The van der Waals surface area contributed by atoms with Gasteiger partial charge in [-0.25, -0.2) is 8.78 Å². The maximum atomic E-state index is 13.7. The molecule has 1 aliphatic rings. The minimum absolute atomic E-state index is 0.160. The molecule has 1 heterocycles. The number of nitrogens with two attached hydrogens (primary N) is 1. The molecule has 94 valence electrons. The molecule has 4 heteroatoms. The second-order valence-electron chi connectivity index (χ2n) is 4.58. The highest BCUT2D eigenvalue weighted by atomic mass is 19.1. The Kier molecular flexibility index (Phi) is 3.74. The highest BCUT2D eigenvalue weighted by Gasteiger charge is 2.30. The summed E-state index contributed by atoms with van der Waals surface area (Å²) in [6, 6.07) is 3.99. The third-order valence-electron chi connectivity index (χ3n) is 3.61. The third-order valence-corrected chi connectivity index (χ3v) is 3.61. The van der Waals surface area contributed by atoms with Crippen LogP contribution in [0.3, 0.4) is 0 Å². The lowest BCUT2D eigenvalue weighted by atomic mass is 10.0. The lowest BCUT2D eigenvalue weighted by Crippen LogP contribution is -2.37. The van der Waals surface area contributed by atoms with E-state index in [9.17, 15) is 8.78 Å². The van der Waals surface area contributed by atoms with Crippen LogP contribution in [0.15, 0.2) is 18.2 Å². The quantitative estimate of drug-likeness (QED) is 0.879. The van der Waals surface area contributed by atoms with Crippen LogP contribution in [0.1, 0.15) is 31.4 Å². The summed E-state index contributed by atoms with van der Waals surface area (Å²) in [7, 11) is 0. The summed E-state index contributed by atoms with van der Waals surface area (Å²) in [4.78, 5) is 2.10. The van der Waals surface area contributed by atoms with Gasteiger partial charge in [-0.05, 0) is 38.4 Å². The van der Waals surface area contributed by atoms with Gasteiger partial charge in [0.25, 0.3) is 0 Å². The van der Waals surface area contributed by atoms with Gasteiger partial charge in [-0.2, -0.15) is 0 Å². The molecule has 1 saturated heterocycles. The number of halogens is 2. The van der Waals surface area contributed by atoms with E-state index in [2.05, 4.69) is 4.90 Å². The summed E-state index contributed by atoms with van der Waals surface area (Å²) in [6.45, 7) is 3.24. The number of benzene rings is 1. The first kappa shape index (κ1) is 12.5. The zero-order valence-electron chi connectivity index (χ0n) is 10.00. The Labute approximate surface area is 100 Å². The van der Waals surface area contributed by atoms with Crippen molar-refractivity contribution in [2.45, 2.75) is 31.8 Å². The zero-order valence-corrected chi connectivity index (χ0v) is 10.00. The van der Waals surface area contributed by atoms with E-state index in [1.165, 1.54) is 18.2 Å². The summed E-state index contributed by atoms with van der Waals surface area (Å²) in [5.41, 5.74) is 5.85. The molecule has 2 nitrogen and oxygen atoms in total. The van der Waals surface area contributed by atoms with Crippen molar-refractivity contribution in [2.24, 2.45) is 5.73 Å². The molecule has 0 saturated carbocycles. The number of hydrogen-bond acceptors (Lipinski definition) is 2. The van der Waals surface area contributed by atoms with Crippen LogP contribution in [0.5, 0.6) is 0 Å². The molecule has 0 radical (unpaired) electrons. The predicted molar refractivity (Wildman–Crippen MR) is 63.6 cm³/mol. The molecule has 17 heavy (non-hydrogen) atoms. The van der Waals surface area contributed by atoms with E-state index in [4.69, 9.17) is 5.73 Å². The topological polar surface area (TPSA) is 29.3 Å². The van der Waals surface area contributed by atoms with E-state index in [1.54, 1.807) is 0 Å². The van der Waals surface area contributed by atoms with Crippen LogP contribution in [-0.2, 0) is 0 Å². The lowest BCUT2D eigenvalue weighted by Gasteiger charge is -2.30. The summed E-state index contributed by atoms with van der Waals surface area (Å²) in [6.07, 6.45) is 2.05. The second kappa shape index (κ2) is 5.10. The Morgan fingerprint density at radius 1 is 1.41 bits per heavy atom. The molecule has 0 amide bonds. The van der Waals surface area contributed by atoms with Gasteiger partial charge in [0.15, 0.2) is 0 Å². The Hall–Kier alpha value is -1.00. The van der Waals surface area contributed by atoms with Crippen molar-refractivity contribution in [1.29, 1.82) is 0 Å². The first-order chi connectivity index (χ1) is 8.15. The minimum Gasteiger partial charge on any atom is -0.329 e. The normalized spacial score (nSPS) is 22.9. The van der Waals surface area contributed by atoms with Gasteiger partial charge in [-0.15, -0.1) is 0 Å². The van der Waals surface area contributed by atoms with Crippen molar-refractivity contribution >= 4 is 0 Å². The maximum absolute atomic E-state index is 13.7. The highest BCUT2D eigenvalue weighted by molar-refractivity contribution is 5.23. The first-order valence-corrected chi connectivity index (χ1v) is 6.05. The SMILES string of the molecule is CC(c1c(F)cccc1F)N1CCCC1CN. The average Bonchev–Trinajstić information content (AvgIpc) is 2.76. The van der Waals surface area contributed by atoms with Crippen molar-refractivity contribution in [1.82, 2.24) is 4.90 Å². The molecule has 1 aromatic carbocycles. The Balaban J connectivity index is 2.27. The van der Waals surface area contributed by atoms with Gasteiger partial charge in [0.05, 0.1) is 0 Å². The molecule has 2 unspecified atom stereocenters. The molecule has 0 aromatic heterocycles. The Morgan fingerprint density at radius 3 is 2.65 bits per heavy atom. The van der Waals surface area contributed by atoms with E-state index in [-0.39, 0.29) is 17.6 Å². The largest absolute Gasteiger partial charge is 0.329 e. The van der Waals surface area contributed by atoms with Crippen LogP contribution in [0.25, 0.3) is 0 Å². The van der Waals surface area contributed by atoms with Gasteiger partial charge in [-0.3, -0.25) is 4.90 Å². The monoisotopic (exact) mass is 240 g/mol.